The lowest BCUT2D eigenvalue weighted by Crippen LogP contribution is -2.28. The van der Waals surface area contributed by atoms with E-state index in [0.29, 0.717) is 6.61 Å². The van der Waals surface area contributed by atoms with E-state index < -0.39 is 0 Å². The standard InChI is InChI=1S/C10H13BrO3/c11-9-3-8(5-14-9)4-10(6-12)1-2-13-7-10/h3,5,12H,1-2,4,6-7H2. The van der Waals surface area contributed by atoms with Crippen LogP contribution >= 0.6 is 15.9 Å². The van der Waals surface area contributed by atoms with Gasteiger partial charge in [0.2, 0.25) is 0 Å². The van der Waals surface area contributed by atoms with Gasteiger partial charge < -0.3 is 14.3 Å². The highest BCUT2D eigenvalue weighted by Crippen LogP contribution is 2.33. The van der Waals surface area contributed by atoms with Crippen LogP contribution < -0.4 is 0 Å². The summed E-state index contributed by atoms with van der Waals surface area (Å²) in [6.07, 6.45) is 3.46. The van der Waals surface area contributed by atoms with Crippen molar-refractivity contribution in [2.45, 2.75) is 12.8 Å². The summed E-state index contributed by atoms with van der Waals surface area (Å²) in [5, 5.41) is 9.36. The Morgan fingerprint density at radius 1 is 1.57 bits per heavy atom. The van der Waals surface area contributed by atoms with Crippen molar-refractivity contribution in [2.75, 3.05) is 19.8 Å². The number of hydrogen-bond donors (Lipinski definition) is 1. The predicted octanol–water partition coefficient (Wildman–Crippen LogP) is 1.98. The number of aliphatic hydroxyl groups is 1. The molecule has 1 aromatic rings. The van der Waals surface area contributed by atoms with Crippen LogP contribution in [0.2, 0.25) is 0 Å². The predicted molar refractivity (Wildman–Crippen MR) is 55.1 cm³/mol. The monoisotopic (exact) mass is 260 g/mol. The zero-order valence-electron chi connectivity index (χ0n) is 7.83. The van der Waals surface area contributed by atoms with Gasteiger partial charge in [0.25, 0.3) is 0 Å². The van der Waals surface area contributed by atoms with Gasteiger partial charge in [-0.25, -0.2) is 0 Å². The van der Waals surface area contributed by atoms with Crippen LogP contribution in [0.1, 0.15) is 12.0 Å². The Bertz CT molecular complexity index is 302. The van der Waals surface area contributed by atoms with E-state index in [1.807, 2.05) is 6.07 Å². The molecule has 14 heavy (non-hydrogen) atoms. The molecule has 1 N–H and O–H groups in total. The second-order valence-electron chi connectivity index (χ2n) is 3.90. The Morgan fingerprint density at radius 2 is 2.43 bits per heavy atom. The molecule has 1 aliphatic rings. The average molecular weight is 261 g/mol. The molecule has 0 radical (unpaired) electrons. The Kier molecular flexibility index (Phi) is 2.95. The van der Waals surface area contributed by atoms with Gasteiger partial charge in [0.1, 0.15) is 0 Å². The zero-order valence-corrected chi connectivity index (χ0v) is 9.42. The average Bonchev–Trinajstić information content (AvgIpc) is 2.77. The van der Waals surface area contributed by atoms with Crippen molar-refractivity contribution in [1.82, 2.24) is 0 Å². The van der Waals surface area contributed by atoms with E-state index in [1.54, 1.807) is 6.26 Å². The lowest BCUT2D eigenvalue weighted by Gasteiger charge is -2.23. The van der Waals surface area contributed by atoms with Crippen molar-refractivity contribution >= 4 is 15.9 Å². The summed E-state index contributed by atoms with van der Waals surface area (Å²) in [7, 11) is 0. The second-order valence-corrected chi connectivity index (χ2v) is 4.68. The fraction of sp³-hybridized carbons (Fsp3) is 0.600. The Labute approximate surface area is 91.2 Å². The third kappa shape index (κ3) is 2.02. The lowest BCUT2D eigenvalue weighted by molar-refractivity contribution is 0.0934. The molecule has 1 saturated heterocycles. The molecule has 0 spiro atoms. The van der Waals surface area contributed by atoms with Gasteiger partial charge in [0.05, 0.1) is 19.5 Å². The van der Waals surface area contributed by atoms with Gasteiger partial charge in [-0.05, 0) is 40.4 Å². The van der Waals surface area contributed by atoms with Gasteiger partial charge >= 0.3 is 0 Å². The smallest absolute Gasteiger partial charge is 0.169 e. The molecule has 0 aromatic carbocycles. The number of furan rings is 1. The summed E-state index contributed by atoms with van der Waals surface area (Å²) >= 11 is 3.26. The maximum absolute atomic E-state index is 9.36. The van der Waals surface area contributed by atoms with Gasteiger partial charge in [0, 0.05) is 12.0 Å². The number of rotatable bonds is 3. The molecular weight excluding hydrogens is 248 g/mol. The van der Waals surface area contributed by atoms with Crippen molar-refractivity contribution in [1.29, 1.82) is 0 Å². The second kappa shape index (κ2) is 4.04. The number of hydrogen-bond acceptors (Lipinski definition) is 3. The van der Waals surface area contributed by atoms with Gasteiger partial charge in [-0.15, -0.1) is 0 Å². The highest BCUT2D eigenvalue weighted by atomic mass is 79.9. The van der Waals surface area contributed by atoms with E-state index in [0.717, 1.165) is 29.7 Å². The summed E-state index contributed by atoms with van der Waals surface area (Å²) in [5.41, 5.74) is 1.01. The van der Waals surface area contributed by atoms with Crippen LogP contribution in [0.25, 0.3) is 0 Å². The van der Waals surface area contributed by atoms with E-state index in [-0.39, 0.29) is 12.0 Å². The molecule has 78 valence electrons. The van der Waals surface area contributed by atoms with Crippen LogP contribution in [0.15, 0.2) is 21.4 Å². The number of aliphatic hydroxyl groups excluding tert-OH is 1. The molecule has 0 saturated carbocycles. The van der Waals surface area contributed by atoms with Crippen molar-refractivity contribution in [3.63, 3.8) is 0 Å². The van der Waals surface area contributed by atoms with E-state index in [1.165, 1.54) is 0 Å². The third-order valence-electron chi connectivity index (χ3n) is 2.72. The molecule has 3 nitrogen and oxygen atoms in total. The van der Waals surface area contributed by atoms with E-state index in [2.05, 4.69) is 15.9 Å². The van der Waals surface area contributed by atoms with Crippen LogP contribution in [0.5, 0.6) is 0 Å². The minimum atomic E-state index is -0.0939. The van der Waals surface area contributed by atoms with Crippen LogP contribution in [0.4, 0.5) is 0 Å². The topological polar surface area (TPSA) is 42.6 Å². The van der Waals surface area contributed by atoms with Gasteiger partial charge in [0.15, 0.2) is 4.67 Å². The van der Waals surface area contributed by atoms with Gasteiger partial charge in [-0.3, -0.25) is 0 Å². The molecule has 2 heterocycles. The first kappa shape index (κ1) is 10.2. The Balaban J connectivity index is 2.08. The maximum Gasteiger partial charge on any atom is 0.169 e. The fourth-order valence-corrected chi connectivity index (χ4v) is 2.23. The lowest BCUT2D eigenvalue weighted by atomic mass is 9.82. The first-order valence-corrected chi connectivity index (χ1v) is 5.45. The molecule has 1 unspecified atom stereocenters. The van der Waals surface area contributed by atoms with Crippen LogP contribution in [0.3, 0.4) is 0 Å². The summed E-state index contributed by atoms with van der Waals surface area (Å²) in [5.74, 6) is 0. The van der Waals surface area contributed by atoms with Crippen LogP contribution in [0, 0.1) is 5.41 Å². The van der Waals surface area contributed by atoms with Gasteiger partial charge in [-0.2, -0.15) is 0 Å². The summed E-state index contributed by atoms with van der Waals surface area (Å²) in [6, 6.07) is 1.94. The minimum absolute atomic E-state index is 0.0939. The number of ether oxygens (including phenoxy) is 1. The normalized spacial score (nSPS) is 27.0. The van der Waals surface area contributed by atoms with Crippen molar-refractivity contribution in [3.8, 4) is 0 Å². The summed E-state index contributed by atoms with van der Waals surface area (Å²) in [4.78, 5) is 0. The molecule has 1 aliphatic heterocycles. The molecule has 1 atom stereocenters. The van der Waals surface area contributed by atoms with Crippen molar-refractivity contribution in [2.24, 2.45) is 5.41 Å². The van der Waals surface area contributed by atoms with Crippen LogP contribution in [-0.4, -0.2) is 24.9 Å². The van der Waals surface area contributed by atoms with Crippen LogP contribution in [-0.2, 0) is 11.2 Å². The summed E-state index contributed by atoms with van der Waals surface area (Å²) < 4.78 is 11.2. The molecule has 4 heteroatoms. The molecule has 0 bridgehead atoms. The Hall–Kier alpha value is -0.320. The quantitative estimate of drug-likeness (QED) is 0.904. The molecule has 0 amide bonds. The Morgan fingerprint density at radius 3 is 2.93 bits per heavy atom. The SMILES string of the molecule is OCC1(Cc2coc(Br)c2)CCOC1. The van der Waals surface area contributed by atoms with Crippen molar-refractivity contribution in [3.05, 3.63) is 22.6 Å². The summed E-state index contributed by atoms with van der Waals surface area (Å²) in [6.45, 7) is 1.57. The van der Waals surface area contributed by atoms with E-state index in [4.69, 9.17) is 9.15 Å². The highest BCUT2D eigenvalue weighted by molar-refractivity contribution is 9.10. The molecule has 2 rings (SSSR count). The molecule has 1 fully saturated rings. The van der Waals surface area contributed by atoms with E-state index in [9.17, 15) is 5.11 Å². The maximum atomic E-state index is 9.36. The van der Waals surface area contributed by atoms with Gasteiger partial charge in [-0.1, -0.05) is 0 Å². The third-order valence-corrected chi connectivity index (χ3v) is 3.14. The zero-order chi connectivity index (χ0) is 10.0. The molecule has 0 aliphatic carbocycles. The number of halogens is 1. The van der Waals surface area contributed by atoms with E-state index >= 15 is 0 Å². The largest absolute Gasteiger partial charge is 0.457 e. The molecule has 1 aromatic heterocycles. The minimum Gasteiger partial charge on any atom is -0.457 e. The van der Waals surface area contributed by atoms with Crippen molar-refractivity contribution < 1.29 is 14.3 Å². The fourth-order valence-electron chi connectivity index (χ4n) is 1.84. The highest BCUT2D eigenvalue weighted by Gasteiger charge is 2.34. The first-order chi connectivity index (χ1) is 6.74. The molecular formula is C10H13BrO3. The first-order valence-electron chi connectivity index (χ1n) is 4.66.